The van der Waals surface area contributed by atoms with Crippen LogP contribution in [0.15, 0.2) is 0 Å². The Kier molecular flexibility index (Phi) is 24.6. The molecule has 0 saturated carbocycles. The molecule has 0 rings (SSSR count). The van der Waals surface area contributed by atoms with Crippen molar-refractivity contribution in [2.45, 2.75) is 13.1 Å². The predicted octanol–water partition coefficient (Wildman–Crippen LogP) is -3.95. The van der Waals surface area contributed by atoms with Crippen molar-refractivity contribution in [3.63, 3.8) is 0 Å². The minimum atomic E-state index is 0.417. The number of rotatable bonds is 1. The molecule has 0 radical (unpaired) electrons. The SMILES string of the molecule is C[SiH2]C.[SiH3][SiH2][SiH2][SiH3]. The largest absolute Gasteiger partial charge is 0.0750 e. The Morgan fingerprint density at radius 2 is 1.14 bits per heavy atom. The highest BCUT2D eigenvalue weighted by Gasteiger charge is 1.61. The van der Waals surface area contributed by atoms with Gasteiger partial charge in [0, 0.05) is 9.52 Å². The Labute approximate surface area is 59.5 Å². The molecule has 0 bridgehead atoms. The van der Waals surface area contributed by atoms with Crippen LogP contribution in [0, 0.1) is 0 Å². The summed E-state index contributed by atoms with van der Waals surface area (Å²) in [7, 11) is 5.19. The highest BCUT2D eigenvalue weighted by atomic mass is 29.7. The third-order valence-electron chi connectivity index (χ3n) is 0.500. The predicted molar refractivity (Wildman–Crippen MR) is 57.2 cm³/mol. The fraction of sp³-hybridized carbons (Fsp3) is 1.00. The minimum absolute atomic E-state index is 0.417. The van der Waals surface area contributed by atoms with Crippen molar-refractivity contribution in [1.82, 2.24) is 0 Å². The third kappa shape index (κ3) is 42.2. The third-order valence-corrected chi connectivity index (χ3v) is 40.5. The Morgan fingerprint density at radius 3 is 1.14 bits per heavy atom. The summed E-state index contributed by atoms with van der Waals surface area (Å²) in [6, 6.07) is 0. The molecular formula is C2H18Si5. The molecule has 0 aromatic rings. The molecule has 0 fully saturated rings. The smallest absolute Gasteiger partial charge is 0.0135 e. The second-order valence-electron chi connectivity index (χ2n) is 1.71. The summed E-state index contributed by atoms with van der Waals surface area (Å²) in [4.78, 5) is 0. The van der Waals surface area contributed by atoms with Gasteiger partial charge in [-0.3, -0.25) is 0 Å². The summed E-state index contributed by atoms with van der Waals surface area (Å²) in [5, 5.41) is 0. The van der Waals surface area contributed by atoms with E-state index in [-0.39, 0.29) is 0 Å². The van der Waals surface area contributed by atoms with E-state index in [0.717, 1.165) is 17.1 Å². The lowest BCUT2D eigenvalue weighted by atomic mass is 11.9. The molecular weight excluding hydrogens is 164 g/mol. The highest BCUT2D eigenvalue weighted by Crippen LogP contribution is 1.36. The summed E-state index contributed by atoms with van der Waals surface area (Å²) in [6.07, 6.45) is 0. The van der Waals surface area contributed by atoms with Gasteiger partial charge in [0.15, 0.2) is 0 Å². The zero-order chi connectivity index (χ0) is 6.12. The molecule has 0 heterocycles. The van der Waals surface area contributed by atoms with Crippen LogP contribution < -0.4 is 0 Å². The Bertz CT molecular complexity index is 13.6. The Balaban J connectivity index is 0. The van der Waals surface area contributed by atoms with E-state index in [1.165, 1.54) is 0 Å². The van der Waals surface area contributed by atoms with Crippen LogP contribution in [-0.4, -0.2) is 46.1 Å². The topological polar surface area (TPSA) is 0 Å². The van der Waals surface area contributed by atoms with Crippen LogP contribution in [0.25, 0.3) is 0 Å². The fourth-order valence-corrected chi connectivity index (χ4v) is 0. The van der Waals surface area contributed by atoms with E-state index in [4.69, 9.17) is 0 Å². The van der Waals surface area contributed by atoms with Crippen molar-refractivity contribution in [2.75, 3.05) is 0 Å². The van der Waals surface area contributed by atoms with Gasteiger partial charge in [-0.2, -0.15) is 0 Å². The molecule has 0 aromatic heterocycles. The van der Waals surface area contributed by atoms with Crippen LogP contribution in [-0.2, 0) is 0 Å². The molecule has 0 nitrogen and oxygen atoms in total. The molecule has 0 aliphatic carbocycles. The molecule has 0 unspecified atom stereocenters. The molecule has 5 heteroatoms. The molecule has 0 N–H and O–H groups in total. The monoisotopic (exact) mass is 182 g/mol. The Hall–Kier alpha value is 1.08. The fourth-order valence-electron chi connectivity index (χ4n) is 0. The van der Waals surface area contributed by atoms with Crippen LogP contribution >= 0.6 is 0 Å². The highest BCUT2D eigenvalue weighted by molar-refractivity contribution is 7.37. The first-order chi connectivity index (χ1) is 3.33. The van der Waals surface area contributed by atoms with Crippen molar-refractivity contribution in [1.29, 1.82) is 0 Å². The maximum atomic E-state index is 2.26. The van der Waals surface area contributed by atoms with Crippen LogP contribution in [0.4, 0.5) is 0 Å². The van der Waals surface area contributed by atoms with E-state index < -0.39 is 0 Å². The van der Waals surface area contributed by atoms with Gasteiger partial charge in [0.25, 0.3) is 0 Å². The minimum Gasteiger partial charge on any atom is -0.0750 e. The van der Waals surface area contributed by atoms with Crippen molar-refractivity contribution < 1.29 is 0 Å². The van der Waals surface area contributed by atoms with Gasteiger partial charge in [-0.15, -0.1) is 0 Å². The van der Waals surface area contributed by atoms with Crippen LogP contribution in [0.5, 0.6) is 0 Å². The van der Waals surface area contributed by atoms with Crippen LogP contribution in [0.2, 0.25) is 13.1 Å². The molecule has 0 amide bonds. The first-order valence-corrected chi connectivity index (χ1v) is 21.5. The molecule has 46 valence electrons. The van der Waals surface area contributed by atoms with Gasteiger partial charge < -0.3 is 0 Å². The molecule has 0 spiro atoms. The van der Waals surface area contributed by atoms with Crippen molar-refractivity contribution >= 4 is 46.1 Å². The molecule has 0 aromatic carbocycles. The van der Waals surface area contributed by atoms with Crippen molar-refractivity contribution in [3.8, 4) is 0 Å². The van der Waals surface area contributed by atoms with Gasteiger partial charge in [0.05, 0.1) is 0 Å². The molecule has 0 aliphatic heterocycles. The molecule has 0 aliphatic rings. The van der Waals surface area contributed by atoms with E-state index in [2.05, 4.69) is 13.1 Å². The van der Waals surface area contributed by atoms with Gasteiger partial charge in [0.1, 0.15) is 0 Å². The standard InChI is InChI=1S/C2H8Si.H10Si4/c1-3-2;1-3-4-2/h3H2,1-2H3;3-4H2,1-2H3. The molecule has 7 heavy (non-hydrogen) atoms. The van der Waals surface area contributed by atoms with Gasteiger partial charge in [-0.05, 0) is 36.6 Å². The summed E-state index contributed by atoms with van der Waals surface area (Å²) < 4.78 is 0. The van der Waals surface area contributed by atoms with Crippen molar-refractivity contribution in [2.24, 2.45) is 0 Å². The average molecular weight is 183 g/mol. The quantitative estimate of drug-likeness (QED) is 0.364. The number of hydrogen-bond donors (Lipinski definition) is 0. The first kappa shape index (κ1) is 11.0. The van der Waals surface area contributed by atoms with E-state index in [9.17, 15) is 0 Å². The lowest BCUT2D eigenvalue weighted by molar-refractivity contribution is 2.14. The first-order valence-electron chi connectivity index (χ1n) is 3.33. The average Bonchev–Trinajstić information content (AvgIpc) is 1.69. The van der Waals surface area contributed by atoms with Gasteiger partial charge in [-0.1, -0.05) is 13.1 Å². The molecule has 0 atom stereocenters. The summed E-state index contributed by atoms with van der Waals surface area (Å²) in [5.41, 5.74) is 0. The van der Waals surface area contributed by atoms with E-state index in [0.29, 0.717) is 9.52 Å². The second-order valence-corrected chi connectivity index (χ2v) is 29.1. The maximum Gasteiger partial charge on any atom is 0.0135 e. The zero-order valence-corrected chi connectivity index (χ0v) is 14.4. The van der Waals surface area contributed by atoms with Gasteiger partial charge in [0.2, 0.25) is 0 Å². The van der Waals surface area contributed by atoms with Crippen LogP contribution in [0.1, 0.15) is 0 Å². The van der Waals surface area contributed by atoms with E-state index in [1.54, 1.807) is 19.5 Å². The lowest BCUT2D eigenvalue weighted by Gasteiger charge is -1.63. The zero-order valence-electron chi connectivity index (χ0n) is 6.12. The normalized spacial score (nSPS) is 11.1. The maximum absolute atomic E-state index is 2.26. The Morgan fingerprint density at radius 1 is 1.00 bits per heavy atom. The van der Waals surface area contributed by atoms with Gasteiger partial charge >= 0.3 is 0 Å². The summed E-state index contributed by atoms with van der Waals surface area (Å²) >= 11 is 0. The van der Waals surface area contributed by atoms with Gasteiger partial charge in [-0.25, -0.2) is 0 Å². The lowest BCUT2D eigenvalue weighted by Crippen LogP contribution is -2.00. The summed E-state index contributed by atoms with van der Waals surface area (Å²) in [6.45, 7) is 4.53. The molecule has 0 saturated heterocycles. The van der Waals surface area contributed by atoms with E-state index >= 15 is 0 Å². The number of hydrogen-bond acceptors (Lipinski definition) is 0. The second kappa shape index (κ2) is 15.7. The van der Waals surface area contributed by atoms with E-state index in [1.807, 2.05) is 0 Å². The van der Waals surface area contributed by atoms with Crippen LogP contribution in [0.3, 0.4) is 0 Å². The summed E-state index contributed by atoms with van der Waals surface area (Å²) in [5.74, 6) is 0. The van der Waals surface area contributed by atoms with Crippen molar-refractivity contribution in [3.05, 3.63) is 0 Å².